The molecule has 0 aromatic heterocycles. The maximum absolute atomic E-state index is 6.19. The number of rotatable bonds is 2. The summed E-state index contributed by atoms with van der Waals surface area (Å²) in [6, 6.07) is 4.12. The number of hydrogen-bond donors (Lipinski definition) is 1. The second kappa shape index (κ2) is 4.93. The molecule has 1 fully saturated rings. The molecule has 88 valence electrons. The molecule has 2 rings (SSSR count). The van der Waals surface area contributed by atoms with E-state index in [-0.39, 0.29) is 0 Å². The number of methoxy groups -OCH3 is 1. The standard InChI is InChI=1S/C12H17ClN2O/c1-9-7-10(8-11(13)12(9)16-2)15-5-3-14-4-6-15/h7-8,14H,3-6H2,1-2H3. The highest BCUT2D eigenvalue weighted by molar-refractivity contribution is 6.32. The fourth-order valence-corrected chi connectivity index (χ4v) is 2.41. The van der Waals surface area contributed by atoms with Crippen molar-refractivity contribution in [2.75, 3.05) is 38.2 Å². The number of halogens is 1. The van der Waals surface area contributed by atoms with Crippen LogP contribution in [0.4, 0.5) is 5.69 Å². The van der Waals surface area contributed by atoms with Crippen molar-refractivity contribution >= 4 is 17.3 Å². The van der Waals surface area contributed by atoms with Gasteiger partial charge in [0.05, 0.1) is 12.1 Å². The van der Waals surface area contributed by atoms with E-state index >= 15 is 0 Å². The zero-order valence-corrected chi connectivity index (χ0v) is 10.5. The number of piperazine rings is 1. The third-order valence-corrected chi connectivity index (χ3v) is 3.18. The van der Waals surface area contributed by atoms with Crippen LogP contribution in [0.15, 0.2) is 12.1 Å². The van der Waals surface area contributed by atoms with E-state index in [1.807, 2.05) is 13.0 Å². The summed E-state index contributed by atoms with van der Waals surface area (Å²) in [5.41, 5.74) is 2.27. The second-order valence-corrected chi connectivity index (χ2v) is 4.42. The minimum atomic E-state index is 0.691. The molecule has 0 unspecified atom stereocenters. The van der Waals surface area contributed by atoms with E-state index in [9.17, 15) is 0 Å². The fraction of sp³-hybridized carbons (Fsp3) is 0.500. The molecule has 1 saturated heterocycles. The van der Waals surface area contributed by atoms with Crippen molar-refractivity contribution in [2.45, 2.75) is 6.92 Å². The number of ether oxygens (including phenoxy) is 1. The maximum atomic E-state index is 6.19. The zero-order valence-electron chi connectivity index (χ0n) is 9.72. The van der Waals surface area contributed by atoms with Gasteiger partial charge in [0, 0.05) is 31.9 Å². The predicted molar refractivity (Wildman–Crippen MR) is 67.8 cm³/mol. The number of nitrogens with one attached hydrogen (secondary N) is 1. The smallest absolute Gasteiger partial charge is 0.140 e. The molecule has 0 spiro atoms. The summed E-state index contributed by atoms with van der Waals surface area (Å²) >= 11 is 6.19. The number of hydrogen-bond acceptors (Lipinski definition) is 3. The first kappa shape index (κ1) is 11.6. The Morgan fingerprint density at radius 1 is 1.31 bits per heavy atom. The second-order valence-electron chi connectivity index (χ2n) is 4.01. The quantitative estimate of drug-likeness (QED) is 0.857. The number of benzene rings is 1. The molecule has 1 heterocycles. The van der Waals surface area contributed by atoms with Gasteiger partial charge < -0.3 is 15.0 Å². The lowest BCUT2D eigenvalue weighted by atomic mass is 10.1. The molecule has 3 nitrogen and oxygen atoms in total. The lowest BCUT2D eigenvalue weighted by Gasteiger charge is -2.30. The van der Waals surface area contributed by atoms with Crippen LogP contribution in [0.2, 0.25) is 5.02 Å². The average molecular weight is 241 g/mol. The van der Waals surface area contributed by atoms with E-state index in [2.05, 4.69) is 16.3 Å². The van der Waals surface area contributed by atoms with Gasteiger partial charge in [0.25, 0.3) is 0 Å². The molecule has 0 bridgehead atoms. The van der Waals surface area contributed by atoms with Crippen molar-refractivity contribution in [3.8, 4) is 5.75 Å². The number of nitrogens with zero attached hydrogens (tertiary/aromatic N) is 1. The largest absolute Gasteiger partial charge is 0.495 e. The van der Waals surface area contributed by atoms with Gasteiger partial charge >= 0.3 is 0 Å². The topological polar surface area (TPSA) is 24.5 Å². The molecular formula is C12H17ClN2O. The Morgan fingerprint density at radius 3 is 2.56 bits per heavy atom. The van der Waals surface area contributed by atoms with Crippen LogP contribution >= 0.6 is 11.6 Å². The lowest BCUT2D eigenvalue weighted by Crippen LogP contribution is -2.43. The Balaban J connectivity index is 2.28. The maximum Gasteiger partial charge on any atom is 0.140 e. The van der Waals surface area contributed by atoms with Gasteiger partial charge in [0.15, 0.2) is 0 Å². The van der Waals surface area contributed by atoms with Crippen LogP contribution in [-0.4, -0.2) is 33.3 Å². The van der Waals surface area contributed by atoms with Gasteiger partial charge in [-0.1, -0.05) is 11.6 Å². The third-order valence-electron chi connectivity index (χ3n) is 2.90. The number of aryl methyl sites for hydroxylation is 1. The molecule has 1 aliphatic heterocycles. The molecular weight excluding hydrogens is 224 g/mol. The summed E-state index contributed by atoms with van der Waals surface area (Å²) in [5, 5.41) is 4.03. The Bertz CT molecular complexity index is 352. The summed E-state index contributed by atoms with van der Waals surface area (Å²) in [6.45, 7) is 6.14. The van der Waals surface area contributed by atoms with Gasteiger partial charge in [-0.3, -0.25) is 0 Å². The lowest BCUT2D eigenvalue weighted by molar-refractivity contribution is 0.412. The van der Waals surface area contributed by atoms with Crippen LogP contribution in [0, 0.1) is 6.92 Å². The molecule has 16 heavy (non-hydrogen) atoms. The average Bonchev–Trinajstić information content (AvgIpc) is 2.30. The molecule has 4 heteroatoms. The van der Waals surface area contributed by atoms with Gasteiger partial charge in [-0.25, -0.2) is 0 Å². The molecule has 0 atom stereocenters. The van der Waals surface area contributed by atoms with E-state index in [1.165, 1.54) is 5.69 Å². The normalized spacial score (nSPS) is 16.3. The Morgan fingerprint density at radius 2 is 2.00 bits per heavy atom. The van der Waals surface area contributed by atoms with Crippen molar-refractivity contribution in [3.63, 3.8) is 0 Å². The zero-order chi connectivity index (χ0) is 11.5. The van der Waals surface area contributed by atoms with E-state index in [4.69, 9.17) is 16.3 Å². The summed E-state index contributed by atoms with van der Waals surface area (Å²) in [6.07, 6.45) is 0. The van der Waals surface area contributed by atoms with E-state index in [1.54, 1.807) is 7.11 Å². The Labute approximate surface area is 101 Å². The highest BCUT2D eigenvalue weighted by Gasteiger charge is 2.14. The van der Waals surface area contributed by atoms with Gasteiger partial charge in [-0.15, -0.1) is 0 Å². The summed E-state index contributed by atoms with van der Waals surface area (Å²) < 4.78 is 5.26. The van der Waals surface area contributed by atoms with Crippen molar-refractivity contribution in [3.05, 3.63) is 22.7 Å². The first-order valence-electron chi connectivity index (χ1n) is 5.52. The summed E-state index contributed by atoms with van der Waals surface area (Å²) in [7, 11) is 1.65. The van der Waals surface area contributed by atoms with Crippen LogP contribution in [0.5, 0.6) is 5.75 Å². The van der Waals surface area contributed by atoms with Gasteiger partial charge in [0.1, 0.15) is 5.75 Å². The molecule has 0 radical (unpaired) electrons. The van der Waals surface area contributed by atoms with Crippen LogP contribution in [0.1, 0.15) is 5.56 Å². The van der Waals surface area contributed by atoms with Crippen LogP contribution < -0.4 is 15.0 Å². The van der Waals surface area contributed by atoms with Crippen molar-refractivity contribution in [1.29, 1.82) is 0 Å². The molecule has 1 aromatic carbocycles. The molecule has 0 aliphatic carbocycles. The molecule has 0 amide bonds. The molecule has 1 N–H and O–H groups in total. The van der Waals surface area contributed by atoms with Crippen molar-refractivity contribution < 1.29 is 4.74 Å². The highest BCUT2D eigenvalue weighted by Crippen LogP contribution is 2.33. The Kier molecular flexibility index (Phi) is 3.56. The van der Waals surface area contributed by atoms with Crippen molar-refractivity contribution in [1.82, 2.24) is 5.32 Å². The molecule has 1 aliphatic rings. The SMILES string of the molecule is COc1c(C)cc(N2CCNCC2)cc1Cl. The van der Waals surface area contributed by atoms with Crippen LogP contribution in [0.25, 0.3) is 0 Å². The van der Waals surface area contributed by atoms with Crippen molar-refractivity contribution in [2.24, 2.45) is 0 Å². The first-order chi connectivity index (χ1) is 7.72. The van der Waals surface area contributed by atoms with E-state index in [0.29, 0.717) is 5.02 Å². The molecule has 1 aromatic rings. The van der Waals surface area contributed by atoms with Gasteiger partial charge in [-0.2, -0.15) is 0 Å². The van der Waals surface area contributed by atoms with E-state index in [0.717, 1.165) is 37.5 Å². The third kappa shape index (κ3) is 2.25. The minimum absolute atomic E-state index is 0.691. The van der Waals surface area contributed by atoms with Gasteiger partial charge in [0.2, 0.25) is 0 Å². The minimum Gasteiger partial charge on any atom is -0.495 e. The van der Waals surface area contributed by atoms with E-state index < -0.39 is 0 Å². The Hall–Kier alpha value is -0.930. The highest BCUT2D eigenvalue weighted by atomic mass is 35.5. The molecule has 0 saturated carbocycles. The van der Waals surface area contributed by atoms with Crippen LogP contribution in [-0.2, 0) is 0 Å². The first-order valence-corrected chi connectivity index (χ1v) is 5.90. The predicted octanol–water partition coefficient (Wildman–Crippen LogP) is 2.07. The fourth-order valence-electron chi connectivity index (χ4n) is 2.08. The van der Waals surface area contributed by atoms with Crippen LogP contribution in [0.3, 0.4) is 0 Å². The summed E-state index contributed by atoms with van der Waals surface area (Å²) in [5.74, 6) is 0.778. The monoisotopic (exact) mass is 240 g/mol. The number of anilines is 1. The summed E-state index contributed by atoms with van der Waals surface area (Å²) in [4.78, 5) is 2.34. The van der Waals surface area contributed by atoms with Gasteiger partial charge in [-0.05, 0) is 24.6 Å².